The van der Waals surface area contributed by atoms with Gasteiger partial charge in [-0.3, -0.25) is 4.79 Å². The molecule has 6 heteroatoms. The molecule has 0 radical (unpaired) electrons. The van der Waals surface area contributed by atoms with Gasteiger partial charge in [-0.2, -0.15) is 11.8 Å². The Morgan fingerprint density at radius 2 is 1.70 bits per heavy atom. The number of carbonyl (C=O) groups is 1. The predicted octanol–water partition coefficient (Wildman–Crippen LogP) is 2.08. The smallest absolute Gasteiger partial charge is 0.221 e. The molecule has 0 unspecified atom stereocenters. The Balaban J connectivity index is 2.80. The van der Waals surface area contributed by atoms with E-state index in [0.717, 1.165) is 11.3 Å². The number of methoxy groups -OCH3 is 3. The van der Waals surface area contributed by atoms with Crippen molar-refractivity contribution in [2.75, 3.05) is 33.3 Å². The molecule has 0 spiro atoms. The lowest BCUT2D eigenvalue weighted by Gasteiger charge is -2.14. The molecule has 0 aromatic heterocycles. The molecule has 0 fully saturated rings. The van der Waals surface area contributed by atoms with Gasteiger partial charge < -0.3 is 19.5 Å². The van der Waals surface area contributed by atoms with E-state index < -0.39 is 0 Å². The second kappa shape index (κ2) is 8.58. The monoisotopic (exact) mass is 299 g/mol. The molecule has 1 aromatic carbocycles. The van der Waals surface area contributed by atoms with Gasteiger partial charge in [0, 0.05) is 30.3 Å². The summed E-state index contributed by atoms with van der Waals surface area (Å²) in [6, 6.07) is 3.56. The van der Waals surface area contributed by atoms with E-state index in [1.807, 2.05) is 12.3 Å². The van der Waals surface area contributed by atoms with E-state index in [1.165, 1.54) is 0 Å². The van der Waals surface area contributed by atoms with Crippen LogP contribution < -0.4 is 19.5 Å². The van der Waals surface area contributed by atoms with Crippen molar-refractivity contribution < 1.29 is 19.0 Å². The summed E-state index contributed by atoms with van der Waals surface area (Å²) in [4.78, 5) is 11.6. The highest BCUT2D eigenvalue weighted by atomic mass is 32.2. The molecule has 0 saturated carbocycles. The van der Waals surface area contributed by atoms with Crippen LogP contribution in [0.2, 0.25) is 0 Å². The summed E-state index contributed by atoms with van der Waals surface area (Å²) in [5, 5.41) is 2.87. The quantitative estimate of drug-likeness (QED) is 0.796. The van der Waals surface area contributed by atoms with Crippen LogP contribution in [-0.2, 0) is 11.3 Å². The first-order chi connectivity index (χ1) is 9.65. The third-order valence-electron chi connectivity index (χ3n) is 2.80. The normalized spacial score (nSPS) is 10.0. The molecule has 0 aliphatic rings. The standard InChI is InChI=1S/C14H21NO4S/c1-17-11-8-13(19-3)12(18-2)7-10(11)9-15-14(16)5-6-20-4/h7-8H,5-6,9H2,1-4H3,(H,15,16). The van der Waals surface area contributed by atoms with Crippen LogP contribution in [0, 0.1) is 0 Å². The zero-order chi connectivity index (χ0) is 15.0. The van der Waals surface area contributed by atoms with Crippen molar-refractivity contribution in [3.8, 4) is 17.2 Å². The van der Waals surface area contributed by atoms with E-state index in [1.54, 1.807) is 39.2 Å². The van der Waals surface area contributed by atoms with Crippen molar-refractivity contribution in [1.29, 1.82) is 0 Å². The number of hydrogen-bond donors (Lipinski definition) is 1. The van der Waals surface area contributed by atoms with Crippen molar-refractivity contribution in [3.05, 3.63) is 17.7 Å². The van der Waals surface area contributed by atoms with Crippen LogP contribution in [0.4, 0.5) is 0 Å². The second-order valence-electron chi connectivity index (χ2n) is 4.04. The highest BCUT2D eigenvalue weighted by Crippen LogP contribution is 2.34. The average Bonchev–Trinajstić information content (AvgIpc) is 2.49. The Morgan fingerprint density at radius 1 is 1.10 bits per heavy atom. The maximum Gasteiger partial charge on any atom is 0.221 e. The van der Waals surface area contributed by atoms with E-state index in [-0.39, 0.29) is 5.91 Å². The van der Waals surface area contributed by atoms with Gasteiger partial charge in [-0.05, 0) is 12.3 Å². The average molecular weight is 299 g/mol. The summed E-state index contributed by atoms with van der Waals surface area (Å²) in [6.07, 6.45) is 2.49. The molecule has 0 atom stereocenters. The number of carbonyl (C=O) groups excluding carboxylic acids is 1. The minimum atomic E-state index is 0.0242. The molecular formula is C14H21NO4S. The van der Waals surface area contributed by atoms with Crippen molar-refractivity contribution in [2.24, 2.45) is 0 Å². The Labute approximate surface area is 124 Å². The fourth-order valence-corrected chi connectivity index (χ4v) is 2.10. The second-order valence-corrected chi connectivity index (χ2v) is 5.02. The van der Waals surface area contributed by atoms with Crippen LogP contribution in [0.3, 0.4) is 0 Å². The van der Waals surface area contributed by atoms with E-state index in [0.29, 0.717) is 30.2 Å². The molecule has 112 valence electrons. The molecule has 0 aliphatic heterocycles. The number of hydrogen-bond acceptors (Lipinski definition) is 5. The molecule has 1 rings (SSSR count). The Hall–Kier alpha value is -1.56. The van der Waals surface area contributed by atoms with Crippen LogP contribution in [0.25, 0.3) is 0 Å². The molecular weight excluding hydrogens is 278 g/mol. The first kappa shape index (κ1) is 16.5. The van der Waals surface area contributed by atoms with Gasteiger partial charge >= 0.3 is 0 Å². The number of thioether (sulfide) groups is 1. The van der Waals surface area contributed by atoms with E-state index in [2.05, 4.69) is 5.32 Å². The molecule has 20 heavy (non-hydrogen) atoms. The van der Waals surface area contributed by atoms with Crippen LogP contribution in [0.5, 0.6) is 17.2 Å². The summed E-state index contributed by atoms with van der Waals surface area (Å²) in [5.41, 5.74) is 0.850. The molecule has 0 bridgehead atoms. The number of amides is 1. The zero-order valence-electron chi connectivity index (χ0n) is 12.3. The van der Waals surface area contributed by atoms with Crippen LogP contribution >= 0.6 is 11.8 Å². The highest BCUT2D eigenvalue weighted by Gasteiger charge is 2.12. The maximum atomic E-state index is 11.6. The summed E-state index contributed by atoms with van der Waals surface area (Å²) >= 11 is 1.65. The molecule has 1 amide bonds. The number of ether oxygens (including phenoxy) is 3. The SMILES string of the molecule is COc1cc(OC)c(OC)cc1CNC(=O)CCSC. The Kier molecular flexibility index (Phi) is 7.08. The summed E-state index contributed by atoms with van der Waals surface area (Å²) < 4.78 is 15.8. The van der Waals surface area contributed by atoms with Crippen molar-refractivity contribution in [1.82, 2.24) is 5.32 Å². The fourth-order valence-electron chi connectivity index (χ4n) is 1.71. The van der Waals surface area contributed by atoms with Crippen LogP contribution in [0.15, 0.2) is 12.1 Å². The minimum absolute atomic E-state index is 0.0242. The van der Waals surface area contributed by atoms with Gasteiger partial charge in [-0.1, -0.05) is 0 Å². The predicted molar refractivity (Wildman–Crippen MR) is 80.9 cm³/mol. The van der Waals surface area contributed by atoms with Gasteiger partial charge in [-0.25, -0.2) is 0 Å². The lowest BCUT2D eigenvalue weighted by Crippen LogP contribution is -2.23. The van der Waals surface area contributed by atoms with Crippen LogP contribution in [-0.4, -0.2) is 39.2 Å². The Morgan fingerprint density at radius 3 is 2.25 bits per heavy atom. The van der Waals surface area contributed by atoms with Gasteiger partial charge in [-0.15, -0.1) is 0 Å². The van der Waals surface area contributed by atoms with E-state index in [4.69, 9.17) is 14.2 Å². The molecule has 1 aromatic rings. The topological polar surface area (TPSA) is 56.8 Å². The molecule has 0 aliphatic carbocycles. The summed E-state index contributed by atoms with van der Waals surface area (Å²) in [6.45, 7) is 0.400. The third-order valence-corrected chi connectivity index (χ3v) is 3.41. The van der Waals surface area contributed by atoms with E-state index in [9.17, 15) is 4.79 Å². The van der Waals surface area contributed by atoms with E-state index >= 15 is 0 Å². The number of benzene rings is 1. The number of nitrogens with one attached hydrogen (secondary N) is 1. The minimum Gasteiger partial charge on any atom is -0.496 e. The number of rotatable bonds is 8. The Bertz CT molecular complexity index is 451. The highest BCUT2D eigenvalue weighted by molar-refractivity contribution is 7.98. The van der Waals surface area contributed by atoms with Gasteiger partial charge in [0.25, 0.3) is 0 Å². The van der Waals surface area contributed by atoms with Gasteiger partial charge in [0.2, 0.25) is 5.91 Å². The van der Waals surface area contributed by atoms with Crippen molar-refractivity contribution in [2.45, 2.75) is 13.0 Å². The van der Waals surface area contributed by atoms with Crippen molar-refractivity contribution >= 4 is 17.7 Å². The molecule has 0 saturated heterocycles. The zero-order valence-corrected chi connectivity index (χ0v) is 13.1. The lowest BCUT2D eigenvalue weighted by atomic mass is 10.1. The van der Waals surface area contributed by atoms with Gasteiger partial charge in [0.1, 0.15) is 5.75 Å². The summed E-state index contributed by atoms with van der Waals surface area (Å²) in [5.74, 6) is 2.71. The third kappa shape index (κ3) is 4.52. The molecule has 1 N–H and O–H groups in total. The van der Waals surface area contributed by atoms with Gasteiger partial charge in [0.05, 0.1) is 21.3 Å². The maximum absolute atomic E-state index is 11.6. The van der Waals surface area contributed by atoms with Crippen LogP contribution in [0.1, 0.15) is 12.0 Å². The fraction of sp³-hybridized carbons (Fsp3) is 0.500. The first-order valence-corrected chi connectivity index (χ1v) is 7.60. The first-order valence-electron chi connectivity index (χ1n) is 6.20. The van der Waals surface area contributed by atoms with Gasteiger partial charge in [0.15, 0.2) is 11.5 Å². The van der Waals surface area contributed by atoms with Crippen molar-refractivity contribution in [3.63, 3.8) is 0 Å². The largest absolute Gasteiger partial charge is 0.496 e. The lowest BCUT2D eigenvalue weighted by molar-refractivity contribution is -0.120. The molecule has 5 nitrogen and oxygen atoms in total. The molecule has 0 heterocycles. The summed E-state index contributed by atoms with van der Waals surface area (Å²) in [7, 11) is 4.73.